The Balaban J connectivity index is 1.57. The zero-order chi connectivity index (χ0) is 32.4. The molecule has 0 aromatic carbocycles. The van der Waals surface area contributed by atoms with E-state index in [1.807, 2.05) is 26.0 Å². The minimum Gasteiger partial charge on any atom is -0.458 e. The molecule has 2 fully saturated rings. The molecule has 0 spiro atoms. The number of aromatic nitrogens is 4. The lowest BCUT2D eigenvalue weighted by molar-refractivity contribution is -0.171. The van der Waals surface area contributed by atoms with Gasteiger partial charge in [0.2, 0.25) is 5.82 Å². The third-order valence-electron chi connectivity index (χ3n) is 8.69. The third-order valence-corrected chi connectivity index (χ3v) is 9.68. The minimum absolute atomic E-state index is 0.0604. The van der Waals surface area contributed by atoms with Crippen molar-refractivity contribution in [2.24, 2.45) is 30.7 Å². The molecule has 0 aliphatic carbocycles. The quantitative estimate of drug-likeness (QED) is 0.302. The maximum Gasteiger partial charge on any atom is 0.408 e. The molecule has 2 aromatic rings. The molecule has 12 nitrogen and oxygen atoms in total. The van der Waals surface area contributed by atoms with E-state index in [9.17, 15) is 19.2 Å². The van der Waals surface area contributed by atoms with Crippen LogP contribution in [0.3, 0.4) is 0 Å². The predicted octanol–water partition coefficient (Wildman–Crippen LogP) is 3.73. The average molecular weight is 628 g/mol. The molecule has 1 amide bonds. The fourth-order valence-electron chi connectivity index (χ4n) is 6.39. The van der Waals surface area contributed by atoms with Crippen molar-refractivity contribution in [1.82, 2.24) is 25.5 Å². The fraction of sp³-hybridized carbons (Fsp3) is 0.645. The summed E-state index contributed by atoms with van der Waals surface area (Å²) in [5.41, 5.74) is -2.21. The number of fused-ring (bicyclic) bond motifs is 1. The number of alkyl carbamates (subject to hydrolysis) is 1. The molecule has 2 aromatic heterocycles. The molecule has 2 saturated heterocycles. The van der Waals surface area contributed by atoms with E-state index in [0.717, 1.165) is 9.75 Å². The molecule has 4 rings (SSSR count). The molecule has 8 atom stereocenters. The van der Waals surface area contributed by atoms with Crippen LogP contribution < -0.4 is 5.32 Å². The monoisotopic (exact) mass is 627 g/mol. The first-order valence-electron chi connectivity index (χ1n) is 14.9. The highest BCUT2D eigenvalue weighted by Gasteiger charge is 2.56. The zero-order valence-electron chi connectivity index (χ0n) is 26.5. The first-order chi connectivity index (χ1) is 20.7. The van der Waals surface area contributed by atoms with Crippen molar-refractivity contribution in [3.05, 3.63) is 17.0 Å². The number of tetrazole rings is 1. The molecule has 2 aliphatic rings. The molecule has 0 unspecified atom stereocenters. The summed E-state index contributed by atoms with van der Waals surface area (Å²) in [7, 11) is 1.70. The molecule has 13 heteroatoms. The smallest absolute Gasteiger partial charge is 0.408 e. The zero-order valence-corrected chi connectivity index (χ0v) is 27.3. The highest BCUT2D eigenvalue weighted by molar-refractivity contribution is 7.15. The van der Waals surface area contributed by atoms with Crippen LogP contribution in [0.25, 0.3) is 10.7 Å². The lowest BCUT2D eigenvalue weighted by atomic mass is 9.74. The van der Waals surface area contributed by atoms with Gasteiger partial charge in [0.05, 0.1) is 28.4 Å². The van der Waals surface area contributed by atoms with Crippen molar-refractivity contribution >= 4 is 35.0 Å². The first kappa shape index (κ1) is 33.3. The van der Waals surface area contributed by atoms with Gasteiger partial charge in [-0.1, -0.05) is 39.5 Å². The normalized spacial score (nSPS) is 33.4. The van der Waals surface area contributed by atoms with E-state index in [4.69, 9.17) is 14.2 Å². The number of aryl methyl sites for hydroxylation is 1. The molecule has 0 saturated carbocycles. The number of ether oxygens (including phenoxy) is 3. The third kappa shape index (κ3) is 7.02. The van der Waals surface area contributed by atoms with Crippen LogP contribution in [-0.4, -0.2) is 73.8 Å². The van der Waals surface area contributed by atoms with Crippen LogP contribution in [0.4, 0.5) is 4.79 Å². The number of carbonyl (C=O) groups is 4. The van der Waals surface area contributed by atoms with E-state index in [1.165, 1.54) is 23.1 Å². The van der Waals surface area contributed by atoms with E-state index >= 15 is 0 Å². The number of amides is 1. The summed E-state index contributed by atoms with van der Waals surface area (Å²) in [6, 6.07) is 3.02. The second kappa shape index (κ2) is 13.2. The second-order valence-corrected chi connectivity index (χ2v) is 13.4. The van der Waals surface area contributed by atoms with Gasteiger partial charge in [0, 0.05) is 17.8 Å². The highest BCUT2D eigenvalue weighted by Crippen LogP contribution is 2.38. The van der Waals surface area contributed by atoms with E-state index < -0.39 is 59.1 Å². The molecular formula is C31H41N5O7S. The predicted molar refractivity (Wildman–Crippen MR) is 161 cm³/mol. The van der Waals surface area contributed by atoms with Gasteiger partial charge in [-0.25, -0.2) is 4.79 Å². The Bertz CT molecular complexity index is 1480. The van der Waals surface area contributed by atoms with Gasteiger partial charge < -0.3 is 19.5 Å². The molecule has 4 heterocycles. The van der Waals surface area contributed by atoms with Gasteiger partial charge in [-0.05, 0) is 57.4 Å². The summed E-state index contributed by atoms with van der Waals surface area (Å²) in [6.07, 6.45) is -0.611. The Morgan fingerprint density at radius 2 is 1.77 bits per heavy atom. The van der Waals surface area contributed by atoms with E-state index in [2.05, 4.69) is 32.6 Å². The number of nitrogens with zero attached hydrogens (tertiary/aromatic N) is 4. The summed E-state index contributed by atoms with van der Waals surface area (Å²) < 4.78 is 17.8. The van der Waals surface area contributed by atoms with Crippen LogP contribution in [0.2, 0.25) is 0 Å². The van der Waals surface area contributed by atoms with Crippen molar-refractivity contribution in [1.29, 1.82) is 0 Å². The average Bonchev–Trinajstić information content (AvgIpc) is 3.70. The van der Waals surface area contributed by atoms with Crippen molar-refractivity contribution in [3.8, 4) is 22.5 Å². The SMILES string of the molecule is CC[C@H]1OC(=O)[C@H](C)C(=O)[C@H](C)C[C@](C)(OCC#Cc2ccc(-c3nnn(C)n3)s2)C[C@@H](C)C(=O)[C@H](C)[C@H]2NC(=O)O[C@@]21C. The van der Waals surface area contributed by atoms with Gasteiger partial charge in [0.15, 0.2) is 5.60 Å². The summed E-state index contributed by atoms with van der Waals surface area (Å²) in [5.74, 6) is 2.87. The number of thiophene rings is 1. The minimum atomic E-state index is -1.30. The molecule has 0 bridgehead atoms. The largest absolute Gasteiger partial charge is 0.458 e. The standard InChI is InChI=1S/C31H41N5O7S/c1-9-23-31(7)26(32-29(40)43-31)19(4)24(37)17(2)15-30(6,16-18(3)25(38)20(5)28(39)42-23)41-14-10-11-21-12-13-22(44-21)27-33-35-36(8)34-27/h12-13,17-20,23,26H,9,14-16H2,1-8H3,(H,32,40)/t17-,18-,19+,20-,23-,26-,30-,31-/m1/s1. The van der Waals surface area contributed by atoms with Gasteiger partial charge in [-0.2, -0.15) is 4.80 Å². The van der Waals surface area contributed by atoms with Gasteiger partial charge in [-0.15, -0.1) is 21.5 Å². The second-order valence-electron chi connectivity index (χ2n) is 12.4. The van der Waals surface area contributed by atoms with E-state index in [1.54, 1.807) is 34.7 Å². The lowest BCUT2D eigenvalue weighted by Gasteiger charge is -2.39. The van der Waals surface area contributed by atoms with Crippen LogP contribution in [0.15, 0.2) is 12.1 Å². The van der Waals surface area contributed by atoms with Crippen molar-refractivity contribution in [2.75, 3.05) is 6.61 Å². The van der Waals surface area contributed by atoms with Crippen molar-refractivity contribution in [3.63, 3.8) is 0 Å². The van der Waals surface area contributed by atoms with Crippen molar-refractivity contribution in [2.45, 2.75) is 91.1 Å². The number of hydrogen-bond donors (Lipinski definition) is 1. The number of hydrogen-bond acceptors (Lipinski definition) is 11. The molecule has 2 aliphatic heterocycles. The van der Waals surface area contributed by atoms with Gasteiger partial charge in [0.1, 0.15) is 30.2 Å². The number of ketones is 2. The van der Waals surface area contributed by atoms with E-state index in [-0.39, 0.29) is 24.6 Å². The van der Waals surface area contributed by atoms with Crippen LogP contribution in [0.5, 0.6) is 0 Å². The Labute approximate surface area is 261 Å². The topological polar surface area (TPSA) is 152 Å². The first-order valence-corrected chi connectivity index (χ1v) is 15.7. The van der Waals surface area contributed by atoms with Crippen LogP contribution in [-0.2, 0) is 35.6 Å². The van der Waals surface area contributed by atoms with Crippen LogP contribution in [0.1, 0.15) is 72.6 Å². The fourth-order valence-corrected chi connectivity index (χ4v) is 7.20. The van der Waals surface area contributed by atoms with Crippen LogP contribution in [0, 0.1) is 35.5 Å². The lowest BCUT2D eigenvalue weighted by Crippen LogP contribution is -2.57. The van der Waals surface area contributed by atoms with Gasteiger partial charge in [-0.3, -0.25) is 14.4 Å². The maximum atomic E-state index is 13.8. The van der Waals surface area contributed by atoms with E-state index in [0.29, 0.717) is 18.7 Å². The Hall–Kier alpha value is -3.63. The van der Waals surface area contributed by atoms with Gasteiger partial charge >= 0.3 is 12.1 Å². The number of carbonyl (C=O) groups excluding carboxylic acids is 4. The molecule has 238 valence electrons. The van der Waals surface area contributed by atoms with Crippen molar-refractivity contribution < 1.29 is 33.4 Å². The van der Waals surface area contributed by atoms with Crippen LogP contribution >= 0.6 is 11.3 Å². The number of rotatable bonds is 4. The summed E-state index contributed by atoms with van der Waals surface area (Å²) in [6.45, 7) is 12.3. The molecular weight excluding hydrogens is 586 g/mol. The number of Topliss-reactive ketones (excluding diaryl/α,β-unsaturated/α-hetero) is 2. The van der Waals surface area contributed by atoms with Gasteiger partial charge in [0.25, 0.3) is 0 Å². The molecule has 1 N–H and O–H groups in total. The Morgan fingerprint density at radius 3 is 2.41 bits per heavy atom. The Kier molecular flexibility index (Phi) is 9.95. The maximum absolute atomic E-state index is 13.8. The number of nitrogens with one attached hydrogen (secondary N) is 1. The Morgan fingerprint density at radius 1 is 1.09 bits per heavy atom. The molecule has 0 radical (unpaired) electrons. The highest BCUT2D eigenvalue weighted by atomic mass is 32.1. The number of cyclic esters (lactones) is 1. The number of esters is 1. The summed E-state index contributed by atoms with van der Waals surface area (Å²) >= 11 is 1.43. The summed E-state index contributed by atoms with van der Waals surface area (Å²) in [4.78, 5) is 55.9. The summed E-state index contributed by atoms with van der Waals surface area (Å²) in [5, 5.41) is 14.9. The molecule has 44 heavy (non-hydrogen) atoms.